The van der Waals surface area contributed by atoms with E-state index in [1.807, 2.05) is 31.2 Å². The van der Waals surface area contributed by atoms with E-state index in [4.69, 9.17) is 5.73 Å². The van der Waals surface area contributed by atoms with Crippen molar-refractivity contribution in [2.24, 2.45) is 0 Å². The molecule has 3 N–H and O–H groups in total. The van der Waals surface area contributed by atoms with Crippen LogP contribution in [0.2, 0.25) is 0 Å². The molecule has 0 aliphatic heterocycles. The number of aromatic hydroxyl groups is 1. The predicted octanol–water partition coefficient (Wildman–Crippen LogP) is 3.58. The minimum absolute atomic E-state index is 0.306. The Kier molecular flexibility index (Phi) is 3.59. The van der Waals surface area contributed by atoms with E-state index in [0.29, 0.717) is 5.75 Å². The average Bonchev–Trinajstić information content (AvgIpc) is 2.28. The second-order valence-corrected chi connectivity index (χ2v) is 5.02. The van der Waals surface area contributed by atoms with Crippen molar-refractivity contribution in [1.82, 2.24) is 0 Å². The largest absolute Gasteiger partial charge is 0.508 e. The molecular formula is C14H15NOS. The van der Waals surface area contributed by atoms with Gasteiger partial charge in [-0.05, 0) is 42.3 Å². The molecule has 0 aliphatic rings. The van der Waals surface area contributed by atoms with Crippen molar-refractivity contribution in [3.63, 3.8) is 0 Å². The summed E-state index contributed by atoms with van der Waals surface area (Å²) in [6.45, 7) is 2.03. The van der Waals surface area contributed by atoms with Crippen molar-refractivity contribution in [2.45, 2.75) is 17.6 Å². The van der Waals surface area contributed by atoms with E-state index < -0.39 is 0 Å². The predicted molar refractivity (Wildman–Crippen MR) is 73.3 cm³/mol. The zero-order chi connectivity index (χ0) is 12.3. The summed E-state index contributed by atoms with van der Waals surface area (Å²) in [5.41, 5.74) is 9.02. The number of hydrogen-bond acceptors (Lipinski definition) is 3. The molecule has 0 saturated carbocycles. The first kappa shape index (κ1) is 11.9. The van der Waals surface area contributed by atoms with Crippen LogP contribution in [0.5, 0.6) is 5.75 Å². The molecule has 0 aliphatic carbocycles. The van der Waals surface area contributed by atoms with Crippen molar-refractivity contribution in [2.75, 3.05) is 5.73 Å². The number of phenolic OH excluding ortho intramolecular Hbond substituents is 1. The summed E-state index contributed by atoms with van der Waals surface area (Å²) < 4.78 is 0. The van der Waals surface area contributed by atoms with E-state index in [1.54, 1.807) is 23.9 Å². The van der Waals surface area contributed by atoms with Gasteiger partial charge in [-0.25, -0.2) is 0 Å². The minimum atomic E-state index is 0.306. The molecule has 2 rings (SSSR count). The molecule has 0 unspecified atom stereocenters. The van der Waals surface area contributed by atoms with Gasteiger partial charge in [0.05, 0.1) is 0 Å². The van der Waals surface area contributed by atoms with Crippen LogP contribution in [0.3, 0.4) is 0 Å². The van der Waals surface area contributed by atoms with Gasteiger partial charge in [-0.15, -0.1) is 11.8 Å². The lowest BCUT2D eigenvalue weighted by atomic mass is 10.2. The number of anilines is 1. The van der Waals surface area contributed by atoms with E-state index in [0.717, 1.165) is 21.9 Å². The van der Waals surface area contributed by atoms with Crippen LogP contribution >= 0.6 is 11.8 Å². The third-order valence-electron chi connectivity index (χ3n) is 2.47. The van der Waals surface area contributed by atoms with E-state index >= 15 is 0 Å². The molecule has 0 aromatic heterocycles. The van der Waals surface area contributed by atoms with E-state index in [1.165, 1.54) is 5.56 Å². The average molecular weight is 245 g/mol. The first-order valence-electron chi connectivity index (χ1n) is 5.42. The van der Waals surface area contributed by atoms with E-state index in [9.17, 15) is 5.11 Å². The fourth-order valence-corrected chi connectivity index (χ4v) is 2.50. The summed E-state index contributed by atoms with van der Waals surface area (Å²) in [5.74, 6) is 1.11. The van der Waals surface area contributed by atoms with Gasteiger partial charge in [0.2, 0.25) is 0 Å². The number of nitrogen functional groups attached to an aromatic ring is 1. The lowest BCUT2D eigenvalue weighted by molar-refractivity contribution is 0.475. The van der Waals surface area contributed by atoms with Crippen LogP contribution in [-0.2, 0) is 5.75 Å². The van der Waals surface area contributed by atoms with Crippen LogP contribution in [0.25, 0.3) is 0 Å². The summed E-state index contributed by atoms with van der Waals surface area (Å²) in [7, 11) is 0. The van der Waals surface area contributed by atoms with Crippen molar-refractivity contribution < 1.29 is 5.11 Å². The van der Waals surface area contributed by atoms with Crippen LogP contribution < -0.4 is 5.73 Å². The molecule has 0 saturated heterocycles. The Morgan fingerprint density at radius 1 is 1.18 bits per heavy atom. The summed E-state index contributed by atoms with van der Waals surface area (Å²) in [6.07, 6.45) is 0. The summed E-state index contributed by atoms with van der Waals surface area (Å²) >= 11 is 1.68. The van der Waals surface area contributed by atoms with Crippen molar-refractivity contribution in [3.8, 4) is 5.75 Å². The van der Waals surface area contributed by atoms with Gasteiger partial charge >= 0.3 is 0 Å². The van der Waals surface area contributed by atoms with Gasteiger partial charge in [-0.2, -0.15) is 0 Å². The highest BCUT2D eigenvalue weighted by molar-refractivity contribution is 7.98. The molecule has 88 valence electrons. The zero-order valence-corrected chi connectivity index (χ0v) is 10.5. The number of phenols is 1. The molecule has 0 bridgehead atoms. The number of benzene rings is 2. The van der Waals surface area contributed by atoms with Gasteiger partial charge < -0.3 is 10.8 Å². The third kappa shape index (κ3) is 3.17. The van der Waals surface area contributed by atoms with Gasteiger partial charge in [0, 0.05) is 16.3 Å². The van der Waals surface area contributed by atoms with Gasteiger partial charge in [-0.3, -0.25) is 0 Å². The topological polar surface area (TPSA) is 46.2 Å². The quantitative estimate of drug-likeness (QED) is 0.642. The van der Waals surface area contributed by atoms with E-state index in [-0.39, 0.29) is 0 Å². The molecule has 0 heterocycles. The van der Waals surface area contributed by atoms with Crippen LogP contribution in [0.15, 0.2) is 47.4 Å². The second-order valence-electron chi connectivity index (χ2n) is 4.00. The molecule has 2 nitrogen and oxygen atoms in total. The molecular weight excluding hydrogens is 230 g/mol. The molecule has 2 aromatic carbocycles. The second kappa shape index (κ2) is 5.15. The highest BCUT2D eigenvalue weighted by Crippen LogP contribution is 2.29. The van der Waals surface area contributed by atoms with Gasteiger partial charge in [-0.1, -0.05) is 18.2 Å². The highest BCUT2D eigenvalue weighted by atomic mass is 32.2. The van der Waals surface area contributed by atoms with Crippen molar-refractivity contribution >= 4 is 17.4 Å². The maximum Gasteiger partial charge on any atom is 0.115 e. The van der Waals surface area contributed by atoms with Gasteiger partial charge in [0.25, 0.3) is 0 Å². The molecule has 0 fully saturated rings. The molecule has 17 heavy (non-hydrogen) atoms. The normalized spacial score (nSPS) is 10.4. The van der Waals surface area contributed by atoms with Crippen molar-refractivity contribution in [1.29, 1.82) is 0 Å². The molecule has 0 spiro atoms. The Balaban J connectivity index is 2.07. The highest BCUT2D eigenvalue weighted by Gasteiger charge is 2.01. The molecule has 0 radical (unpaired) electrons. The van der Waals surface area contributed by atoms with E-state index in [2.05, 4.69) is 6.07 Å². The Hall–Kier alpha value is -1.61. The van der Waals surface area contributed by atoms with Crippen LogP contribution in [0.1, 0.15) is 11.1 Å². The molecule has 3 heteroatoms. The minimum Gasteiger partial charge on any atom is -0.508 e. The first-order valence-corrected chi connectivity index (χ1v) is 6.40. The standard InChI is InChI=1S/C14H15NOS/c1-10-5-6-14(13(15)7-10)17-9-11-3-2-4-12(16)8-11/h2-8,16H,9,15H2,1H3. The maximum absolute atomic E-state index is 9.37. The molecule has 2 aromatic rings. The third-order valence-corrected chi connectivity index (χ3v) is 3.63. The number of hydrogen-bond donors (Lipinski definition) is 2. The maximum atomic E-state index is 9.37. The van der Waals surface area contributed by atoms with Crippen molar-refractivity contribution in [3.05, 3.63) is 53.6 Å². The number of aryl methyl sites for hydroxylation is 1. The number of thioether (sulfide) groups is 1. The van der Waals surface area contributed by atoms with Crippen LogP contribution in [0, 0.1) is 6.92 Å². The number of rotatable bonds is 3. The van der Waals surface area contributed by atoms with Gasteiger partial charge in [0.1, 0.15) is 5.75 Å². The monoisotopic (exact) mass is 245 g/mol. The Bertz CT molecular complexity index is 525. The lowest BCUT2D eigenvalue weighted by Crippen LogP contribution is -1.90. The smallest absolute Gasteiger partial charge is 0.115 e. The Labute approximate surface area is 105 Å². The Morgan fingerprint density at radius 3 is 2.71 bits per heavy atom. The zero-order valence-electron chi connectivity index (χ0n) is 9.68. The van der Waals surface area contributed by atoms with Crippen LogP contribution in [0.4, 0.5) is 5.69 Å². The van der Waals surface area contributed by atoms with Gasteiger partial charge in [0.15, 0.2) is 0 Å². The SMILES string of the molecule is Cc1ccc(SCc2cccc(O)c2)c(N)c1. The first-order chi connectivity index (χ1) is 8.15. The Morgan fingerprint density at radius 2 is 2.00 bits per heavy atom. The van der Waals surface area contributed by atoms with Crippen LogP contribution in [-0.4, -0.2) is 5.11 Å². The molecule has 0 atom stereocenters. The number of nitrogens with two attached hydrogens (primary N) is 1. The summed E-state index contributed by atoms with van der Waals surface area (Å²) in [6, 6.07) is 13.4. The fourth-order valence-electron chi connectivity index (χ4n) is 1.61. The fraction of sp³-hybridized carbons (Fsp3) is 0.143. The lowest BCUT2D eigenvalue weighted by Gasteiger charge is -2.06. The molecule has 0 amide bonds. The summed E-state index contributed by atoms with van der Waals surface area (Å²) in [4.78, 5) is 1.08. The summed E-state index contributed by atoms with van der Waals surface area (Å²) in [5, 5.41) is 9.37.